The lowest BCUT2D eigenvalue weighted by Gasteiger charge is -2.26. The van der Waals surface area contributed by atoms with Gasteiger partial charge >= 0.3 is 0 Å². The Balaban J connectivity index is 0.000000233. The smallest absolute Gasteiger partial charge is 0.0146 e. The van der Waals surface area contributed by atoms with Crippen LogP contribution in [-0.2, 0) is 23.7 Å². The summed E-state index contributed by atoms with van der Waals surface area (Å²) in [5.41, 5.74) is 11.3. The molecule has 0 heterocycles. The van der Waals surface area contributed by atoms with Crippen molar-refractivity contribution >= 4 is 0 Å². The number of aryl methyl sites for hydroxylation is 4. The molecule has 0 heteroatoms. The molecule has 0 spiro atoms. The van der Waals surface area contributed by atoms with Crippen molar-refractivity contribution in [1.29, 1.82) is 0 Å². The van der Waals surface area contributed by atoms with Crippen LogP contribution in [-0.4, -0.2) is 0 Å². The highest BCUT2D eigenvalue weighted by Gasteiger charge is 2.24. The van der Waals surface area contributed by atoms with Gasteiger partial charge in [0.05, 0.1) is 0 Å². The molecule has 0 N–H and O–H groups in total. The van der Waals surface area contributed by atoms with Crippen LogP contribution in [0.3, 0.4) is 0 Å². The molecule has 0 saturated heterocycles. The van der Waals surface area contributed by atoms with Gasteiger partial charge in [-0.15, -0.1) is 0 Å². The largest absolute Gasteiger partial charge is 0.0651 e. The highest BCUT2D eigenvalue weighted by atomic mass is 14.3. The van der Waals surface area contributed by atoms with Crippen molar-refractivity contribution in [3.8, 4) is 0 Å². The Bertz CT molecular complexity index is 1520. The van der Waals surface area contributed by atoms with Gasteiger partial charge in [-0.1, -0.05) is 204 Å². The van der Waals surface area contributed by atoms with E-state index >= 15 is 0 Å². The van der Waals surface area contributed by atoms with Crippen molar-refractivity contribution in [3.05, 3.63) is 142 Å². The normalized spacial score (nSPS) is 14.3. The van der Waals surface area contributed by atoms with Gasteiger partial charge in [0, 0.05) is 10.8 Å². The molecule has 2 unspecified atom stereocenters. The standard InChI is InChI=1S/C23H32.C21H26.C7H16/c1-17(2)19(4)9-10-20-11-15-22(16-12-20)23(5,6)21-13-7-18(3)8-14-21;1-16-4-12-19(13-5-16)21(2,3)20-14-10-18(11-15-20)9-8-17-6-7-17;1-5-7(4)6(2)3/h7-8,11-17,19H,9-10H2,1-6H3;4-5,10-15,17H,6-9H2,1-3H3;6-7H,5H2,1-4H3. The lowest BCUT2D eigenvalue weighted by molar-refractivity contribution is 0.392. The summed E-state index contributed by atoms with van der Waals surface area (Å²) >= 11 is 0. The number of hydrogen-bond acceptors (Lipinski definition) is 0. The summed E-state index contributed by atoms with van der Waals surface area (Å²) in [5.74, 6) is 4.35. The summed E-state index contributed by atoms with van der Waals surface area (Å²) in [6.07, 6.45) is 9.31. The Morgan fingerprint density at radius 3 is 1.12 bits per heavy atom. The second-order valence-electron chi connectivity index (χ2n) is 17.7. The first-order valence-corrected chi connectivity index (χ1v) is 20.4. The van der Waals surface area contributed by atoms with E-state index in [2.05, 4.69) is 187 Å². The van der Waals surface area contributed by atoms with Crippen LogP contribution in [0.2, 0.25) is 0 Å². The first kappa shape index (κ1) is 42.3. The summed E-state index contributed by atoms with van der Waals surface area (Å²) in [6, 6.07) is 36.4. The van der Waals surface area contributed by atoms with Crippen molar-refractivity contribution in [2.24, 2.45) is 29.6 Å². The average Bonchev–Trinajstić information content (AvgIpc) is 3.95. The Labute approximate surface area is 315 Å². The highest BCUT2D eigenvalue weighted by molar-refractivity contribution is 5.41. The van der Waals surface area contributed by atoms with Gasteiger partial charge in [0.15, 0.2) is 0 Å². The van der Waals surface area contributed by atoms with Crippen molar-refractivity contribution in [3.63, 3.8) is 0 Å². The molecule has 1 aliphatic rings. The SMILES string of the molecule is CCC(C)C(C)C.Cc1ccc(C(C)(C)c2ccc(CCC(C)C(C)C)cc2)cc1.Cc1ccc(C(C)(C)c2ccc(CCC3CC3)cc2)cc1. The van der Waals surface area contributed by atoms with E-state index in [1.165, 1.54) is 89.5 Å². The summed E-state index contributed by atoms with van der Waals surface area (Å²) < 4.78 is 0. The number of hydrogen-bond donors (Lipinski definition) is 0. The topological polar surface area (TPSA) is 0 Å². The van der Waals surface area contributed by atoms with Gasteiger partial charge in [-0.3, -0.25) is 0 Å². The lowest BCUT2D eigenvalue weighted by atomic mass is 9.77. The lowest BCUT2D eigenvalue weighted by Crippen LogP contribution is -2.18. The molecule has 0 aromatic heterocycles. The second-order valence-corrected chi connectivity index (χ2v) is 17.7. The van der Waals surface area contributed by atoms with Crippen molar-refractivity contribution in [2.75, 3.05) is 0 Å². The fourth-order valence-corrected chi connectivity index (χ4v) is 6.43. The van der Waals surface area contributed by atoms with Crippen LogP contribution in [0.1, 0.15) is 153 Å². The van der Waals surface area contributed by atoms with Crippen LogP contribution in [0.15, 0.2) is 97.1 Å². The zero-order valence-corrected chi connectivity index (χ0v) is 35.1. The van der Waals surface area contributed by atoms with Crippen molar-refractivity contribution in [1.82, 2.24) is 0 Å². The minimum absolute atomic E-state index is 0.0530. The fraction of sp³-hybridized carbons (Fsp3) is 0.529. The van der Waals surface area contributed by atoms with Crippen molar-refractivity contribution < 1.29 is 0 Å². The molecule has 0 amide bonds. The van der Waals surface area contributed by atoms with E-state index in [1.807, 2.05) is 0 Å². The Morgan fingerprint density at radius 2 is 0.824 bits per heavy atom. The molecule has 51 heavy (non-hydrogen) atoms. The van der Waals surface area contributed by atoms with Crippen LogP contribution < -0.4 is 0 Å². The molecule has 0 radical (unpaired) electrons. The second kappa shape index (κ2) is 19.6. The summed E-state index contributed by atoms with van der Waals surface area (Å²) in [6.45, 7) is 29.6. The van der Waals surface area contributed by atoms with Gasteiger partial charge in [0.1, 0.15) is 0 Å². The predicted octanol–water partition coefficient (Wildman–Crippen LogP) is 14.9. The van der Waals surface area contributed by atoms with Gasteiger partial charge in [-0.05, 0) is 103 Å². The van der Waals surface area contributed by atoms with Crippen LogP contribution in [0.4, 0.5) is 0 Å². The highest BCUT2D eigenvalue weighted by Crippen LogP contribution is 2.35. The predicted molar refractivity (Wildman–Crippen MR) is 227 cm³/mol. The van der Waals surface area contributed by atoms with E-state index in [4.69, 9.17) is 0 Å². The van der Waals surface area contributed by atoms with Crippen LogP contribution in [0.25, 0.3) is 0 Å². The average molecular weight is 687 g/mol. The molecule has 0 bridgehead atoms. The van der Waals surface area contributed by atoms with E-state index in [0.29, 0.717) is 0 Å². The molecule has 278 valence electrons. The summed E-state index contributed by atoms with van der Waals surface area (Å²) in [7, 11) is 0. The van der Waals surface area contributed by atoms with Gasteiger partial charge in [-0.25, -0.2) is 0 Å². The summed E-state index contributed by atoms with van der Waals surface area (Å²) in [4.78, 5) is 0. The van der Waals surface area contributed by atoms with Gasteiger partial charge in [0.25, 0.3) is 0 Å². The van der Waals surface area contributed by atoms with Crippen LogP contribution in [0.5, 0.6) is 0 Å². The Morgan fingerprint density at radius 1 is 0.490 bits per heavy atom. The molecule has 1 aliphatic carbocycles. The molecule has 4 aromatic rings. The molecule has 1 fully saturated rings. The molecule has 5 rings (SSSR count). The fourth-order valence-electron chi connectivity index (χ4n) is 6.43. The Kier molecular flexibility index (Phi) is 16.3. The van der Waals surface area contributed by atoms with Crippen LogP contribution >= 0.6 is 0 Å². The number of benzene rings is 4. The third-order valence-electron chi connectivity index (χ3n) is 12.2. The van der Waals surface area contributed by atoms with Gasteiger partial charge in [-0.2, -0.15) is 0 Å². The first-order valence-electron chi connectivity index (χ1n) is 20.4. The number of rotatable bonds is 13. The van der Waals surface area contributed by atoms with Crippen LogP contribution in [0, 0.1) is 43.4 Å². The zero-order chi connectivity index (χ0) is 37.8. The summed E-state index contributed by atoms with van der Waals surface area (Å²) in [5, 5.41) is 0. The zero-order valence-electron chi connectivity index (χ0n) is 35.1. The third kappa shape index (κ3) is 13.4. The van der Waals surface area contributed by atoms with E-state index in [1.54, 1.807) is 0 Å². The monoisotopic (exact) mass is 687 g/mol. The maximum atomic E-state index is 2.36. The Hall–Kier alpha value is -3.12. The molecule has 1 saturated carbocycles. The van der Waals surface area contributed by atoms with E-state index in [-0.39, 0.29) is 10.8 Å². The van der Waals surface area contributed by atoms with E-state index in [9.17, 15) is 0 Å². The van der Waals surface area contributed by atoms with Gasteiger partial charge in [0.2, 0.25) is 0 Å². The maximum Gasteiger partial charge on any atom is 0.0146 e. The molecule has 4 aromatic carbocycles. The quantitative estimate of drug-likeness (QED) is 0.131. The molecule has 0 nitrogen and oxygen atoms in total. The van der Waals surface area contributed by atoms with Gasteiger partial charge < -0.3 is 0 Å². The minimum atomic E-state index is 0.0530. The van der Waals surface area contributed by atoms with E-state index < -0.39 is 0 Å². The third-order valence-corrected chi connectivity index (χ3v) is 12.2. The molecular weight excluding hydrogens is 613 g/mol. The minimum Gasteiger partial charge on any atom is -0.0651 e. The molecule has 2 atom stereocenters. The maximum absolute atomic E-state index is 2.36. The molecule has 0 aliphatic heterocycles. The van der Waals surface area contributed by atoms with E-state index in [0.717, 1.165) is 29.6 Å². The van der Waals surface area contributed by atoms with Crippen molar-refractivity contribution in [2.45, 2.75) is 146 Å². The molecular formula is C51H74. The first-order chi connectivity index (χ1) is 24.0.